The van der Waals surface area contributed by atoms with Gasteiger partial charge in [0.05, 0.1) is 5.69 Å². The Balaban J connectivity index is 1.45. The summed E-state index contributed by atoms with van der Waals surface area (Å²) < 4.78 is 1.52. The van der Waals surface area contributed by atoms with Gasteiger partial charge in [0.1, 0.15) is 11.5 Å². The van der Waals surface area contributed by atoms with Crippen LogP contribution in [0.2, 0.25) is 0 Å². The number of pyridine rings is 1. The van der Waals surface area contributed by atoms with E-state index < -0.39 is 0 Å². The maximum absolute atomic E-state index is 12.1. The second-order valence-corrected chi connectivity index (χ2v) is 6.49. The monoisotopic (exact) mass is 361 g/mol. The number of fused-ring (bicyclic) bond motifs is 1. The first-order valence-electron chi connectivity index (χ1n) is 8.03. The van der Waals surface area contributed by atoms with Gasteiger partial charge in [-0.15, -0.1) is 5.10 Å². The van der Waals surface area contributed by atoms with Crippen LogP contribution in [-0.2, 0) is 5.75 Å². The van der Waals surface area contributed by atoms with Crippen molar-refractivity contribution in [2.45, 2.75) is 10.9 Å². The van der Waals surface area contributed by atoms with E-state index in [4.69, 9.17) is 0 Å². The van der Waals surface area contributed by atoms with Gasteiger partial charge in [0, 0.05) is 18.0 Å². The second-order valence-electron chi connectivity index (χ2n) is 5.55. The topological polar surface area (TPSA) is 75.9 Å². The van der Waals surface area contributed by atoms with Crippen LogP contribution >= 0.6 is 11.8 Å². The molecule has 0 spiro atoms. The van der Waals surface area contributed by atoms with Gasteiger partial charge in [-0.1, -0.05) is 54.2 Å². The molecule has 0 saturated heterocycles. The van der Waals surface area contributed by atoms with Crippen molar-refractivity contribution in [2.75, 3.05) is 0 Å². The van der Waals surface area contributed by atoms with E-state index in [0.717, 1.165) is 5.56 Å². The first-order chi connectivity index (χ1) is 12.8. The molecule has 0 aliphatic carbocycles. The molecule has 0 fully saturated rings. The molecule has 1 N–H and O–H groups in total. The van der Waals surface area contributed by atoms with Gasteiger partial charge in [0.2, 0.25) is 5.16 Å². The van der Waals surface area contributed by atoms with Crippen molar-refractivity contribution in [3.63, 3.8) is 0 Å². The molecular formula is C19H15N5OS. The van der Waals surface area contributed by atoms with Crippen molar-refractivity contribution in [1.29, 1.82) is 0 Å². The summed E-state index contributed by atoms with van der Waals surface area (Å²) in [5.74, 6) is 1.21. The van der Waals surface area contributed by atoms with Crippen LogP contribution in [0.5, 0.6) is 0 Å². The van der Waals surface area contributed by atoms with Crippen LogP contribution in [0.15, 0.2) is 70.7 Å². The average molecular weight is 361 g/mol. The molecule has 3 aromatic heterocycles. The number of hydrogen-bond donors (Lipinski definition) is 1. The molecule has 128 valence electrons. The van der Waals surface area contributed by atoms with Crippen LogP contribution in [0.3, 0.4) is 0 Å². The molecular weight excluding hydrogens is 346 g/mol. The summed E-state index contributed by atoms with van der Waals surface area (Å²) in [4.78, 5) is 21.0. The molecule has 0 aliphatic rings. The fourth-order valence-electron chi connectivity index (χ4n) is 2.45. The van der Waals surface area contributed by atoms with Crippen LogP contribution in [0, 0.1) is 0 Å². The summed E-state index contributed by atoms with van der Waals surface area (Å²) in [5.41, 5.74) is 2.35. The van der Waals surface area contributed by atoms with Gasteiger partial charge >= 0.3 is 0 Å². The number of hydrogen-bond acceptors (Lipinski definition) is 5. The van der Waals surface area contributed by atoms with Gasteiger partial charge < -0.3 is 0 Å². The summed E-state index contributed by atoms with van der Waals surface area (Å²) in [6, 6.07) is 17.0. The predicted octanol–water partition coefficient (Wildman–Crippen LogP) is 3.28. The third kappa shape index (κ3) is 3.73. The average Bonchev–Trinajstić information content (AvgIpc) is 3.14. The van der Waals surface area contributed by atoms with E-state index in [2.05, 4.69) is 20.2 Å². The van der Waals surface area contributed by atoms with Crippen molar-refractivity contribution in [3.8, 4) is 0 Å². The molecule has 0 bridgehead atoms. The SMILES string of the molecule is O=c1cc(CSc2n[nH]c(/C=C/c3ccccc3)n2)nc2ccccn12. The summed E-state index contributed by atoms with van der Waals surface area (Å²) in [5, 5.41) is 7.71. The Morgan fingerprint density at radius 1 is 1.04 bits per heavy atom. The number of nitrogens with zero attached hydrogens (tertiary/aromatic N) is 4. The van der Waals surface area contributed by atoms with E-state index >= 15 is 0 Å². The van der Waals surface area contributed by atoms with E-state index in [9.17, 15) is 4.79 Å². The second kappa shape index (κ2) is 7.37. The van der Waals surface area contributed by atoms with Gasteiger partial charge in [-0.25, -0.2) is 9.97 Å². The molecule has 3 heterocycles. The molecule has 6 nitrogen and oxygen atoms in total. The highest BCUT2D eigenvalue weighted by Gasteiger charge is 2.06. The summed E-state index contributed by atoms with van der Waals surface area (Å²) in [6.07, 6.45) is 5.57. The Morgan fingerprint density at radius 3 is 2.77 bits per heavy atom. The maximum atomic E-state index is 12.1. The van der Waals surface area contributed by atoms with Crippen LogP contribution in [0.1, 0.15) is 17.1 Å². The lowest BCUT2D eigenvalue weighted by Crippen LogP contribution is -2.14. The van der Waals surface area contributed by atoms with Crippen molar-refractivity contribution in [2.24, 2.45) is 0 Å². The highest BCUT2D eigenvalue weighted by atomic mass is 32.2. The van der Waals surface area contributed by atoms with Crippen molar-refractivity contribution in [3.05, 3.63) is 88.2 Å². The Kier molecular flexibility index (Phi) is 4.61. The molecule has 1 aromatic carbocycles. The normalized spacial score (nSPS) is 11.4. The van der Waals surface area contributed by atoms with Gasteiger partial charge in [-0.05, 0) is 23.8 Å². The number of rotatable bonds is 5. The molecule has 0 atom stereocenters. The lowest BCUT2D eigenvalue weighted by atomic mass is 10.2. The minimum Gasteiger partial charge on any atom is -0.269 e. The van der Waals surface area contributed by atoms with Crippen molar-refractivity contribution >= 4 is 29.6 Å². The van der Waals surface area contributed by atoms with Gasteiger partial charge in [0.25, 0.3) is 5.56 Å². The number of aromatic nitrogens is 5. The standard InChI is InChI=1S/C19H15N5OS/c25-18-12-15(20-17-8-4-5-11-24(17)18)13-26-19-21-16(22-23-19)10-9-14-6-2-1-3-7-14/h1-12H,13H2,(H,21,22,23)/b10-9+. The van der Waals surface area contributed by atoms with Gasteiger partial charge in [-0.2, -0.15) is 0 Å². The molecule has 4 aromatic rings. The zero-order chi connectivity index (χ0) is 17.8. The maximum Gasteiger partial charge on any atom is 0.258 e. The van der Waals surface area contributed by atoms with E-state index in [1.54, 1.807) is 12.3 Å². The largest absolute Gasteiger partial charge is 0.269 e. The van der Waals surface area contributed by atoms with Crippen molar-refractivity contribution < 1.29 is 0 Å². The number of benzene rings is 1. The zero-order valence-electron chi connectivity index (χ0n) is 13.7. The first-order valence-corrected chi connectivity index (χ1v) is 9.02. The number of H-pyrrole nitrogens is 1. The van der Waals surface area contributed by atoms with E-state index in [0.29, 0.717) is 28.1 Å². The minimum absolute atomic E-state index is 0.0901. The molecule has 0 amide bonds. The first kappa shape index (κ1) is 16.3. The molecule has 26 heavy (non-hydrogen) atoms. The van der Waals surface area contributed by atoms with Gasteiger partial charge in [0.15, 0.2) is 0 Å². The van der Waals surface area contributed by atoms with Crippen LogP contribution in [-0.4, -0.2) is 24.6 Å². The minimum atomic E-state index is -0.0901. The Bertz CT molecular complexity index is 1120. The van der Waals surface area contributed by atoms with Crippen molar-refractivity contribution in [1.82, 2.24) is 24.6 Å². The zero-order valence-corrected chi connectivity index (χ0v) is 14.6. The molecule has 0 saturated carbocycles. The lowest BCUT2D eigenvalue weighted by molar-refractivity contribution is 0.967. The number of nitrogens with one attached hydrogen (secondary N) is 1. The molecule has 4 rings (SSSR count). The third-order valence-electron chi connectivity index (χ3n) is 3.69. The molecule has 0 unspecified atom stereocenters. The van der Waals surface area contributed by atoms with Gasteiger partial charge in [-0.3, -0.25) is 14.3 Å². The summed E-state index contributed by atoms with van der Waals surface area (Å²) in [6.45, 7) is 0. The fraction of sp³-hybridized carbons (Fsp3) is 0.0526. The molecule has 0 radical (unpaired) electrons. The highest BCUT2D eigenvalue weighted by Crippen LogP contribution is 2.18. The van der Waals surface area contributed by atoms with E-state index in [1.165, 1.54) is 16.2 Å². The van der Waals surface area contributed by atoms with Crippen LogP contribution in [0.4, 0.5) is 0 Å². The Hall–Kier alpha value is -3.19. The summed E-state index contributed by atoms with van der Waals surface area (Å²) >= 11 is 1.44. The predicted molar refractivity (Wildman–Crippen MR) is 103 cm³/mol. The fourth-order valence-corrected chi connectivity index (χ4v) is 3.15. The van der Waals surface area contributed by atoms with E-state index in [1.807, 2.05) is 60.7 Å². The quantitative estimate of drug-likeness (QED) is 0.552. The summed E-state index contributed by atoms with van der Waals surface area (Å²) in [7, 11) is 0. The number of aromatic amines is 1. The Morgan fingerprint density at radius 2 is 1.88 bits per heavy atom. The van der Waals surface area contributed by atoms with E-state index in [-0.39, 0.29) is 5.56 Å². The number of thioether (sulfide) groups is 1. The molecule has 7 heteroatoms. The lowest BCUT2D eigenvalue weighted by Gasteiger charge is -2.02. The Labute approximate surface area is 153 Å². The smallest absolute Gasteiger partial charge is 0.258 e. The third-order valence-corrected chi connectivity index (χ3v) is 4.57. The van der Waals surface area contributed by atoms with Crippen LogP contribution in [0.25, 0.3) is 17.8 Å². The van der Waals surface area contributed by atoms with Crippen LogP contribution < -0.4 is 5.56 Å². The molecule has 0 aliphatic heterocycles. The highest BCUT2D eigenvalue weighted by molar-refractivity contribution is 7.98.